The van der Waals surface area contributed by atoms with E-state index >= 15 is 0 Å². The second kappa shape index (κ2) is 6.92. The van der Waals surface area contributed by atoms with Gasteiger partial charge in [-0.05, 0) is 35.7 Å². The molecular formula is C16H11BrN4OS2. The maximum Gasteiger partial charge on any atom is 0.237 e. The van der Waals surface area contributed by atoms with Gasteiger partial charge in [-0.3, -0.25) is 4.57 Å². The summed E-state index contributed by atoms with van der Waals surface area (Å²) < 4.78 is 8.41. The minimum Gasteiger partial charge on any atom is -0.338 e. The van der Waals surface area contributed by atoms with Crippen LogP contribution < -0.4 is 0 Å². The molecule has 5 nitrogen and oxygen atoms in total. The van der Waals surface area contributed by atoms with E-state index in [0.717, 1.165) is 20.9 Å². The van der Waals surface area contributed by atoms with Crippen molar-refractivity contribution in [1.29, 1.82) is 0 Å². The molecular weight excluding hydrogens is 408 g/mol. The number of halogens is 1. The lowest BCUT2D eigenvalue weighted by molar-refractivity contribution is 0.391. The highest BCUT2D eigenvalue weighted by Gasteiger charge is 2.12. The Morgan fingerprint density at radius 2 is 2.08 bits per heavy atom. The SMILES string of the molecule is Brc1ccc(-n2ccnc2SCc2nc(-c3ccsc3)no2)cc1. The number of rotatable bonds is 5. The Bertz CT molecular complexity index is 931. The highest BCUT2D eigenvalue weighted by molar-refractivity contribution is 9.10. The summed E-state index contributed by atoms with van der Waals surface area (Å²) in [6, 6.07) is 10.1. The van der Waals surface area contributed by atoms with Gasteiger partial charge in [0.25, 0.3) is 0 Å². The Balaban J connectivity index is 1.49. The van der Waals surface area contributed by atoms with Crippen molar-refractivity contribution >= 4 is 39.0 Å². The lowest BCUT2D eigenvalue weighted by Crippen LogP contribution is -1.95. The number of hydrogen-bond acceptors (Lipinski definition) is 6. The number of hydrogen-bond donors (Lipinski definition) is 0. The van der Waals surface area contributed by atoms with Gasteiger partial charge in [0.1, 0.15) is 0 Å². The molecule has 0 spiro atoms. The van der Waals surface area contributed by atoms with Crippen molar-refractivity contribution in [2.75, 3.05) is 0 Å². The summed E-state index contributed by atoms with van der Waals surface area (Å²) in [7, 11) is 0. The molecule has 0 aliphatic rings. The number of thiophene rings is 1. The molecule has 4 rings (SSSR count). The molecule has 0 radical (unpaired) electrons. The van der Waals surface area contributed by atoms with E-state index in [2.05, 4.69) is 31.1 Å². The van der Waals surface area contributed by atoms with E-state index in [4.69, 9.17) is 4.52 Å². The molecule has 3 aromatic heterocycles. The van der Waals surface area contributed by atoms with Crippen LogP contribution >= 0.6 is 39.0 Å². The van der Waals surface area contributed by atoms with E-state index in [1.807, 2.05) is 51.9 Å². The third kappa shape index (κ3) is 3.31. The van der Waals surface area contributed by atoms with Crippen LogP contribution in [0.5, 0.6) is 0 Å². The first kappa shape index (κ1) is 15.6. The van der Waals surface area contributed by atoms with Gasteiger partial charge in [0, 0.05) is 33.5 Å². The van der Waals surface area contributed by atoms with Crippen LogP contribution in [0.15, 0.2) is 67.6 Å². The summed E-state index contributed by atoms with van der Waals surface area (Å²) in [5.74, 6) is 1.79. The van der Waals surface area contributed by atoms with Crippen LogP contribution in [0.25, 0.3) is 17.1 Å². The minimum atomic E-state index is 0.574. The molecule has 3 heterocycles. The highest BCUT2D eigenvalue weighted by Crippen LogP contribution is 2.26. The van der Waals surface area contributed by atoms with Crippen molar-refractivity contribution < 1.29 is 4.52 Å². The molecule has 0 fully saturated rings. The molecule has 0 bridgehead atoms. The number of nitrogens with zero attached hydrogens (tertiary/aromatic N) is 4. The molecule has 0 saturated carbocycles. The van der Waals surface area contributed by atoms with Crippen LogP contribution in [0.1, 0.15) is 5.89 Å². The second-order valence-corrected chi connectivity index (χ2v) is 7.51. The van der Waals surface area contributed by atoms with Gasteiger partial charge in [0.15, 0.2) is 5.16 Å². The molecule has 120 valence electrons. The first-order chi connectivity index (χ1) is 11.8. The van der Waals surface area contributed by atoms with Crippen molar-refractivity contribution in [1.82, 2.24) is 19.7 Å². The molecule has 4 aromatic rings. The smallest absolute Gasteiger partial charge is 0.237 e. The maximum absolute atomic E-state index is 5.33. The third-order valence-corrected chi connectivity index (χ3v) is 5.45. The predicted molar refractivity (Wildman–Crippen MR) is 98.4 cm³/mol. The van der Waals surface area contributed by atoms with E-state index in [9.17, 15) is 0 Å². The topological polar surface area (TPSA) is 56.7 Å². The summed E-state index contributed by atoms with van der Waals surface area (Å²) in [6.07, 6.45) is 3.73. The lowest BCUT2D eigenvalue weighted by atomic mass is 10.3. The molecule has 0 amide bonds. The van der Waals surface area contributed by atoms with Crippen molar-refractivity contribution in [3.05, 3.63) is 63.8 Å². The van der Waals surface area contributed by atoms with Crippen LogP contribution in [-0.2, 0) is 5.75 Å². The monoisotopic (exact) mass is 418 g/mol. The van der Waals surface area contributed by atoms with E-state index in [1.165, 1.54) is 0 Å². The van der Waals surface area contributed by atoms with Crippen LogP contribution in [0, 0.1) is 0 Å². The molecule has 1 aromatic carbocycles. The molecule has 8 heteroatoms. The standard InChI is InChI=1S/C16H11BrN4OS2/c17-12-1-3-13(4-2-12)21-7-6-18-16(21)24-10-14-19-15(20-22-14)11-5-8-23-9-11/h1-9H,10H2. The van der Waals surface area contributed by atoms with Crippen LogP contribution in [-0.4, -0.2) is 19.7 Å². The van der Waals surface area contributed by atoms with Gasteiger partial charge in [-0.25, -0.2) is 4.98 Å². The van der Waals surface area contributed by atoms with Crippen LogP contribution in [0.4, 0.5) is 0 Å². The van der Waals surface area contributed by atoms with Gasteiger partial charge in [0.05, 0.1) is 5.75 Å². The summed E-state index contributed by atoms with van der Waals surface area (Å²) in [5.41, 5.74) is 2.04. The minimum absolute atomic E-state index is 0.574. The Hall–Kier alpha value is -1.90. The van der Waals surface area contributed by atoms with Gasteiger partial charge < -0.3 is 4.52 Å². The summed E-state index contributed by atoms with van der Waals surface area (Å²) in [5, 5.41) is 8.90. The fourth-order valence-electron chi connectivity index (χ4n) is 2.14. The van der Waals surface area contributed by atoms with E-state index < -0.39 is 0 Å². The van der Waals surface area contributed by atoms with Crippen molar-refractivity contribution in [3.63, 3.8) is 0 Å². The number of thioether (sulfide) groups is 1. The Morgan fingerprint density at radius 1 is 1.21 bits per heavy atom. The average Bonchev–Trinajstić information content (AvgIpc) is 3.34. The molecule has 0 aliphatic carbocycles. The quantitative estimate of drug-likeness (QED) is 0.425. The summed E-state index contributed by atoms with van der Waals surface area (Å²) in [6.45, 7) is 0. The zero-order chi connectivity index (χ0) is 16.4. The molecule has 24 heavy (non-hydrogen) atoms. The van der Waals surface area contributed by atoms with Crippen molar-refractivity contribution in [2.24, 2.45) is 0 Å². The first-order valence-electron chi connectivity index (χ1n) is 7.07. The molecule has 0 saturated heterocycles. The van der Waals surface area contributed by atoms with Gasteiger partial charge in [-0.2, -0.15) is 16.3 Å². The van der Waals surface area contributed by atoms with Gasteiger partial charge in [-0.1, -0.05) is 32.8 Å². The van der Waals surface area contributed by atoms with Crippen LogP contribution in [0.3, 0.4) is 0 Å². The fourth-order valence-corrected chi connectivity index (χ4v) is 3.85. The van der Waals surface area contributed by atoms with E-state index in [1.54, 1.807) is 29.3 Å². The second-order valence-electron chi connectivity index (χ2n) is 4.87. The van der Waals surface area contributed by atoms with Crippen molar-refractivity contribution in [2.45, 2.75) is 10.9 Å². The van der Waals surface area contributed by atoms with Gasteiger partial charge in [0.2, 0.25) is 11.7 Å². The maximum atomic E-state index is 5.33. The molecule has 0 aliphatic heterocycles. The van der Waals surface area contributed by atoms with Gasteiger partial charge in [-0.15, -0.1) is 0 Å². The van der Waals surface area contributed by atoms with E-state index in [0.29, 0.717) is 17.5 Å². The number of aromatic nitrogens is 4. The number of imidazole rings is 1. The Labute approximate surface area is 154 Å². The summed E-state index contributed by atoms with van der Waals surface area (Å²) in [4.78, 5) is 8.84. The molecule has 0 atom stereocenters. The molecule has 0 unspecified atom stereocenters. The van der Waals surface area contributed by atoms with Gasteiger partial charge >= 0.3 is 0 Å². The zero-order valence-corrected chi connectivity index (χ0v) is 15.5. The third-order valence-electron chi connectivity index (χ3n) is 3.28. The normalized spacial score (nSPS) is 11.0. The zero-order valence-electron chi connectivity index (χ0n) is 12.3. The largest absolute Gasteiger partial charge is 0.338 e. The fraction of sp³-hybridized carbons (Fsp3) is 0.0625. The number of benzene rings is 1. The first-order valence-corrected chi connectivity index (χ1v) is 9.79. The highest BCUT2D eigenvalue weighted by atomic mass is 79.9. The average molecular weight is 419 g/mol. The molecule has 0 N–H and O–H groups in total. The predicted octanol–water partition coefficient (Wildman–Crippen LogP) is 5.04. The van der Waals surface area contributed by atoms with Crippen LogP contribution in [0.2, 0.25) is 0 Å². The Kier molecular flexibility index (Phi) is 4.50. The summed E-state index contributed by atoms with van der Waals surface area (Å²) >= 11 is 6.63. The lowest BCUT2D eigenvalue weighted by Gasteiger charge is -2.06. The van der Waals surface area contributed by atoms with E-state index in [-0.39, 0.29) is 0 Å². The Morgan fingerprint density at radius 3 is 2.88 bits per heavy atom. The van der Waals surface area contributed by atoms with Crippen molar-refractivity contribution in [3.8, 4) is 17.1 Å².